The summed E-state index contributed by atoms with van der Waals surface area (Å²) in [4.78, 5) is 36.7. The Labute approximate surface area is 185 Å². The van der Waals surface area contributed by atoms with Gasteiger partial charge in [-0.2, -0.15) is 0 Å². The lowest BCUT2D eigenvalue weighted by atomic mass is 9.93. The first-order chi connectivity index (χ1) is 14.7. The van der Waals surface area contributed by atoms with Gasteiger partial charge >= 0.3 is 5.97 Å². The number of Topliss-reactive ketones (excluding diaryl/α,β-unsaturated/α-hetero) is 2. The van der Waals surface area contributed by atoms with Gasteiger partial charge in [-0.15, -0.1) is 0 Å². The van der Waals surface area contributed by atoms with Gasteiger partial charge in [-0.05, 0) is 42.0 Å². The van der Waals surface area contributed by atoms with Crippen molar-refractivity contribution in [1.82, 2.24) is 0 Å². The number of benzene rings is 2. The standard InChI is InChI=1S/C27H34O4/c1-18(2)9-6-5-7-12-25(28)23-14-13-21(17-24(23)27(30)31)15-20-10-8-11-22(16-20)26(29)19(3)4/h8,10-11,13-14,16-19H,5-7,9,12,15H2,1-4H3,(H,30,31). The molecule has 0 spiro atoms. The maximum Gasteiger partial charge on any atom is 0.336 e. The number of carbonyl (C=O) groups is 3. The third-order valence-electron chi connectivity index (χ3n) is 5.44. The van der Waals surface area contributed by atoms with E-state index in [0.29, 0.717) is 24.3 Å². The van der Waals surface area contributed by atoms with Crippen molar-refractivity contribution in [1.29, 1.82) is 0 Å². The van der Waals surface area contributed by atoms with Gasteiger partial charge < -0.3 is 5.11 Å². The molecule has 166 valence electrons. The zero-order valence-corrected chi connectivity index (χ0v) is 19.1. The van der Waals surface area contributed by atoms with Gasteiger partial charge in [-0.25, -0.2) is 4.79 Å². The van der Waals surface area contributed by atoms with Gasteiger partial charge in [-0.1, -0.05) is 77.3 Å². The van der Waals surface area contributed by atoms with Gasteiger partial charge in [-0.3, -0.25) is 9.59 Å². The van der Waals surface area contributed by atoms with Crippen molar-refractivity contribution >= 4 is 17.5 Å². The van der Waals surface area contributed by atoms with Crippen LogP contribution < -0.4 is 0 Å². The van der Waals surface area contributed by atoms with Crippen LogP contribution in [0.2, 0.25) is 0 Å². The summed E-state index contributed by atoms with van der Waals surface area (Å²) in [5.41, 5.74) is 2.74. The largest absolute Gasteiger partial charge is 0.478 e. The fourth-order valence-corrected chi connectivity index (χ4v) is 3.67. The summed E-state index contributed by atoms with van der Waals surface area (Å²) in [5, 5.41) is 9.66. The molecule has 0 aliphatic rings. The molecular formula is C27H34O4. The van der Waals surface area contributed by atoms with Crippen molar-refractivity contribution in [2.45, 2.75) is 66.2 Å². The number of ketones is 2. The first-order valence-corrected chi connectivity index (χ1v) is 11.2. The molecule has 0 saturated carbocycles. The van der Waals surface area contributed by atoms with Crippen LogP contribution in [0.1, 0.15) is 102 Å². The van der Waals surface area contributed by atoms with Crippen LogP contribution in [-0.2, 0) is 6.42 Å². The van der Waals surface area contributed by atoms with E-state index < -0.39 is 5.97 Å². The minimum atomic E-state index is -1.09. The van der Waals surface area contributed by atoms with Gasteiger partial charge in [0.2, 0.25) is 0 Å². The van der Waals surface area contributed by atoms with Gasteiger partial charge in [0, 0.05) is 23.5 Å². The predicted octanol–water partition coefficient (Wildman–Crippen LogP) is 6.60. The molecule has 0 heterocycles. The topological polar surface area (TPSA) is 71.4 Å². The summed E-state index contributed by atoms with van der Waals surface area (Å²) in [6.07, 6.45) is 4.88. The Kier molecular flexibility index (Phi) is 9.17. The van der Waals surface area contributed by atoms with Crippen molar-refractivity contribution in [2.75, 3.05) is 0 Å². The van der Waals surface area contributed by atoms with E-state index in [-0.39, 0.29) is 28.6 Å². The summed E-state index contributed by atoms with van der Waals surface area (Å²) in [7, 11) is 0. The van der Waals surface area contributed by atoms with E-state index in [1.54, 1.807) is 18.2 Å². The molecule has 0 unspecified atom stereocenters. The molecule has 0 saturated heterocycles. The monoisotopic (exact) mass is 422 g/mol. The number of hydrogen-bond acceptors (Lipinski definition) is 3. The second-order valence-electron chi connectivity index (χ2n) is 9.00. The third kappa shape index (κ3) is 7.46. The maximum absolute atomic E-state index is 12.6. The van der Waals surface area contributed by atoms with Crippen LogP contribution in [0.3, 0.4) is 0 Å². The number of aromatic carboxylic acids is 1. The second kappa shape index (κ2) is 11.6. The maximum atomic E-state index is 12.6. The fraction of sp³-hybridized carbons (Fsp3) is 0.444. The van der Waals surface area contributed by atoms with Gasteiger partial charge in [0.15, 0.2) is 11.6 Å². The van der Waals surface area contributed by atoms with E-state index in [9.17, 15) is 19.5 Å². The molecule has 1 N–H and O–H groups in total. The van der Waals surface area contributed by atoms with Crippen LogP contribution in [0.15, 0.2) is 42.5 Å². The molecule has 2 aromatic carbocycles. The normalized spacial score (nSPS) is 11.2. The Morgan fingerprint density at radius 2 is 1.55 bits per heavy atom. The number of carboxylic acid groups (broad SMARTS) is 1. The minimum absolute atomic E-state index is 0.0547. The highest BCUT2D eigenvalue weighted by atomic mass is 16.4. The average molecular weight is 423 g/mol. The Bertz CT molecular complexity index is 925. The van der Waals surface area contributed by atoms with Crippen molar-refractivity contribution in [2.24, 2.45) is 11.8 Å². The van der Waals surface area contributed by atoms with E-state index in [0.717, 1.165) is 36.8 Å². The van der Waals surface area contributed by atoms with Crippen LogP contribution >= 0.6 is 0 Å². The molecule has 0 aliphatic heterocycles. The van der Waals surface area contributed by atoms with Gasteiger partial charge in [0.05, 0.1) is 5.56 Å². The SMILES string of the molecule is CC(C)CCCCCC(=O)c1ccc(Cc2cccc(C(=O)C(C)C)c2)cc1C(=O)O. The van der Waals surface area contributed by atoms with Gasteiger partial charge in [0.1, 0.15) is 0 Å². The highest BCUT2D eigenvalue weighted by Gasteiger charge is 2.17. The van der Waals surface area contributed by atoms with Crippen LogP contribution in [-0.4, -0.2) is 22.6 Å². The zero-order valence-electron chi connectivity index (χ0n) is 19.1. The van der Waals surface area contributed by atoms with Crippen LogP contribution in [0.4, 0.5) is 0 Å². The van der Waals surface area contributed by atoms with E-state index in [1.807, 2.05) is 38.1 Å². The summed E-state index contributed by atoms with van der Waals surface area (Å²) in [6.45, 7) is 8.11. The molecule has 4 nitrogen and oxygen atoms in total. The molecule has 0 amide bonds. The van der Waals surface area contributed by atoms with Gasteiger partial charge in [0.25, 0.3) is 0 Å². The molecule has 0 fully saturated rings. The highest BCUT2D eigenvalue weighted by Crippen LogP contribution is 2.20. The smallest absolute Gasteiger partial charge is 0.336 e. The molecular weight excluding hydrogens is 388 g/mol. The lowest BCUT2D eigenvalue weighted by Crippen LogP contribution is -2.10. The first kappa shape index (κ1) is 24.5. The van der Waals surface area contributed by atoms with Crippen molar-refractivity contribution in [3.8, 4) is 0 Å². The Hall–Kier alpha value is -2.75. The van der Waals surface area contributed by atoms with Crippen LogP contribution in [0.25, 0.3) is 0 Å². The third-order valence-corrected chi connectivity index (χ3v) is 5.44. The quantitative estimate of drug-likeness (QED) is 0.309. The molecule has 31 heavy (non-hydrogen) atoms. The molecule has 0 aromatic heterocycles. The fourth-order valence-electron chi connectivity index (χ4n) is 3.67. The first-order valence-electron chi connectivity index (χ1n) is 11.2. The number of unbranched alkanes of at least 4 members (excludes halogenated alkanes) is 2. The molecule has 2 rings (SSSR count). The lowest BCUT2D eigenvalue weighted by Gasteiger charge is -2.10. The molecule has 0 atom stereocenters. The molecule has 4 heteroatoms. The summed E-state index contributed by atoms with van der Waals surface area (Å²) >= 11 is 0. The Morgan fingerprint density at radius 1 is 0.839 bits per heavy atom. The highest BCUT2D eigenvalue weighted by molar-refractivity contribution is 6.06. The van der Waals surface area contributed by atoms with E-state index >= 15 is 0 Å². The Balaban J connectivity index is 2.12. The molecule has 0 aliphatic carbocycles. The van der Waals surface area contributed by atoms with Crippen LogP contribution in [0.5, 0.6) is 0 Å². The second-order valence-corrected chi connectivity index (χ2v) is 9.00. The van der Waals surface area contributed by atoms with Crippen molar-refractivity contribution in [3.63, 3.8) is 0 Å². The molecule has 0 bridgehead atoms. The number of hydrogen-bond donors (Lipinski definition) is 1. The summed E-state index contributed by atoms with van der Waals surface area (Å²) < 4.78 is 0. The summed E-state index contributed by atoms with van der Waals surface area (Å²) in [5.74, 6) is -0.537. The predicted molar refractivity (Wildman–Crippen MR) is 124 cm³/mol. The minimum Gasteiger partial charge on any atom is -0.478 e. The zero-order chi connectivity index (χ0) is 23.0. The number of carbonyl (C=O) groups excluding carboxylic acids is 2. The van der Waals surface area contributed by atoms with E-state index in [1.165, 1.54) is 0 Å². The van der Waals surface area contributed by atoms with Crippen molar-refractivity contribution < 1.29 is 19.5 Å². The molecule has 0 radical (unpaired) electrons. The van der Waals surface area contributed by atoms with Crippen molar-refractivity contribution in [3.05, 3.63) is 70.3 Å². The lowest BCUT2D eigenvalue weighted by molar-refractivity contribution is 0.0691. The van der Waals surface area contributed by atoms with E-state index in [4.69, 9.17) is 0 Å². The average Bonchev–Trinajstić information content (AvgIpc) is 2.72. The van der Waals surface area contributed by atoms with Crippen LogP contribution in [0, 0.1) is 11.8 Å². The number of carboxylic acids is 1. The molecule has 2 aromatic rings. The Morgan fingerprint density at radius 3 is 2.19 bits per heavy atom. The number of rotatable bonds is 12. The summed E-state index contributed by atoms with van der Waals surface area (Å²) in [6, 6.07) is 12.5. The van der Waals surface area contributed by atoms with E-state index in [2.05, 4.69) is 13.8 Å².